The minimum Gasteiger partial charge on any atom is -0.304 e. The molecule has 0 radical (unpaired) electrons. The molecule has 1 saturated carbocycles. The van der Waals surface area contributed by atoms with Gasteiger partial charge in [0.05, 0.1) is 6.04 Å². The van der Waals surface area contributed by atoms with Gasteiger partial charge >= 0.3 is 0 Å². The normalized spacial score (nSPS) is 31.6. The summed E-state index contributed by atoms with van der Waals surface area (Å²) in [7, 11) is 2.23. The third-order valence-electron chi connectivity index (χ3n) is 4.62. The Balaban J connectivity index is 1.51. The second kappa shape index (κ2) is 5.41. The van der Waals surface area contributed by atoms with E-state index in [0.29, 0.717) is 6.04 Å². The Bertz CT molecular complexity index is 346. The summed E-state index contributed by atoms with van der Waals surface area (Å²) < 4.78 is 2.15. The first-order valence-electron chi connectivity index (χ1n) is 7.24. The largest absolute Gasteiger partial charge is 0.304 e. The molecular formula is C14H24N4. The second-order valence-electron chi connectivity index (χ2n) is 5.79. The smallest absolute Gasteiger partial charge is 0.0520 e. The third kappa shape index (κ3) is 2.59. The number of hydrogen-bond donors (Lipinski definition) is 0. The van der Waals surface area contributed by atoms with Gasteiger partial charge in [0.2, 0.25) is 0 Å². The lowest BCUT2D eigenvalue weighted by atomic mass is 9.90. The summed E-state index contributed by atoms with van der Waals surface area (Å²) in [4.78, 5) is 5.14. The first kappa shape index (κ1) is 12.2. The van der Waals surface area contributed by atoms with E-state index in [1.807, 2.05) is 12.3 Å². The molecule has 1 saturated heterocycles. The minimum absolute atomic E-state index is 0.642. The first-order chi connectivity index (χ1) is 8.83. The van der Waals surface area contributed by atoms with Crippen molar-refractivity contribution in [3.8, 4) is 0 Å². The molecule has 2 fully saturated rings. The zero-order valence-corrected chi connectivity index (χ0v) is 11.3. The van der Waals surface area contributed by atoms with Gasteiger partial charge in [-0.15, -0.1) is 0 Å². The van der Waals surface area contributed by atoms with Gasteiger partial charge in [-0.05, 0) is 38.8 Å². The Morgan fingerprint density at radius 1 is 0.944 bits per heavy atom. The van der Waals surface area contributed by atoms with Crippen LogP contribution in [0.4, 0.5) is 0 Å². The van der Waals surface area contributed by atoms with Crippen LogP contribution >= 0.6 is 0 Å². The molecule has 0 unspecified atom stereocenters. The third-order valence-corrected chi connectivity index (χ3v) is 4.62. The maximum absolute atomic E-state index is 4.38. The average molecular weight is 248 g/mol. The average Bonchev–Trinajstić information content (AvgIpc) is 2.94. The van der Waals surface area contributed by atoms with Crippen LogP contribution in [0.1, 0.15) is 31.7 Å². The van der Waals surface area contributed by atoms with Crippen molar-refractivity contribution in [2.45, 2.75) is 37.8 Å². The predicted molar refractivity (Wildman–Crippen MR) is 72.6 cm³/mol. The summed E-state index contributed by atoms with van der Waals surface area (Å²) in [6.07, 6.45) is 9.27. The molecule has 0 spiro atoms. The van der Waals surface area contributed by atoms with Gasteiger partial charge in [0.15, 0.2) is 0 Å². The fourth-order valence-corrected chi connectivity index (χ4v) is 3.37. The van der Waals surface area contributed by atoms with E-state index in [4.69, 9.17) is 0 Å². The fourth-order valence-electron chi connectivity index (χ4n) is 3.37. The van der Waals surface area contributed by atoms with E-state index in [0.717, 1.165) is 6.04 Å². The van der Waals surface area contributed by atoms with Gasteiger partial charge in [-0.2, -0.15) is 5.10 Å². The van der Waals surface area contributed by atoms with Crippen LogP contribution in [0, 0.1) is 0 Å². The molecule has 4 nitrogen and oxygen atoms in total. The summed E-state index contributed by atoms with van der Waals surface area (Å²) in [5, 5.41) is 4.38. The molecule has 0 N–H and O–H groups in total. The molecule has 3 rings (SSSR count). The first-order valence-corrected chi connectivity index (χ1v) is 7.24. The molecule has 0 bridgehead atoms. The Morgan fingerprint density at radius 2 is 1.61 bits per heavy atom. The van der Waals surface area contributed by atoms with Crippen molar-refractivity contribution in [3.63, 3.8) is 0 Å². The van der Waals surface area contributed by atoms with Crippen LogP contribution in [-0.2, 0) is 0 Å². The lowest BCUT2D eigenvalue weighted by Gasteiger charge is -2.41. The Morgan fingerprint density at radius 3 is 2.22 bits per heavy atom. The number of rotatable bonds is 2. The molecule has 0 amide bonds. The van der Waals surface area contributed by atoms with Gasteiger partial charge in [-0.1, -0.05) is 0 Å². The molecule has 1 aromatic rings. The zero-order valence-electron chi connectivity index (χ0n) is 11.3. The number of nitrogens with zero attached hydrogens (tertiary/aromatic N) is 4. The highest BCUT2D eigenvalue weighted by atomic mass is 15.3. The van der Waals surface area contributed by atoms with Crippen molar-refractivity contribution < 1.29 is 0 Å². The number of likely N-dealkylation sites (N-methyl/N-ethyl adjacent to an activating group) is 1. The maximum atomic E-state index is 4.38. The molecule has 2 heterocycles. The summed E-state index contributed by atoms with van der Waals surface area (Å²) in [5.41, 5.74) is 0. The standard InChI is InChI=1S/C14H24N4/c1-16-9-11-17(12-10-16)13-3-5-14(6-4-13)18-8-2-7-15-18/h2,7-8,13-14H,3-6,9-12H2,1H3. The Kier molecular flexibility index (Phi) is 3.66. The van der Waals surface area contributed by atoms with Crippen LogP contribution in [0.3, 0.4) is 0 Å². The molecule has 1 aromatic heterocycles. The number of aromatic nitrogens is 2. The van der Waals surface area contributed by atoms with Gasteiger partial charge in [-0.3, -0.25) is 9.58 Å². The quantitative estimate of drug-likeness (QED) is 0.795. The van der Waals surface area contributed by atoms with E-state index in [1.54, 1.807) is 0 Å². The predicted octanol–water partition coefficient (Wildman–Crippen LogP) is 1.61. The van der Waals surface area contributed by atoms with E-state index >= 15 is 0 Å². The van der Waals surface area contributed by atoms with Crippen LogP contribution in [-0.4, -0.2) is 58.8 Å². The molecular weight excluding hydrogens is 224 g/mol. The summed E-state index contributed by atoms with van der Waals surface area (Å²) >= 11 is 0. The molecule has 4 heteroatoms. The fraction of sp³-hybridized carbons (Fsp3) is 0.786. The van der Waals surface area contributed by atoms with Crippen molar-refractivity contribution >= 4 is 0 Å². The Hall–Kier alpha value is -0.870. The summed E-state index contributed by atoms with van der Waals surface area (Å²) in [5.74, 6) is 0. The molecule has 2 aliphatic rings. The molecule has 0 atom stereocenters. The minimum atomic E-state index is 0.642. The van der Waals surface area contributed by atoms with Gasteiger partial charge < -0.3 is 4.90 Å². The zero-order chi connectivity index (χ0) is 12.4. The maximum Gasteiger partial charge on any atom is 0.0520 e. The topological polar surface area (TPSA) is 24.3 Å². The molecule has 18 heavy (non-hydrogen) atoms. The van der Waals surface area contributed by atoms with E-state index in [-0.39, 0.29) is 0 Å². The van der Waals surface area contributed by atoms with Crippen molar-refractivity contribution in [2.75, 3.05) is 33.2 Å². The van der Waals surface area contributed by atoms with Crippen LogP contribution in [0.5, 0.6) is 0 Å². The van der Waals surface area contributed by atoms with Gasteiger partial charge in [-0.25, -0.2) is 0 Å². The number of piperazine rings is 1. The summed E-state index contributed by atoms with van der Waals surface area (Å²) in [6.45, 7) is 4.99. The van der Waals surface area contributed by atoms with Crippen LogP contribution in [0.2, 0.25) is 0 Å². The molecule has 1 aliphatic carbocycles. The van der Waals surface area contributed by atoms with E-state index in [2.05, 4.69) is 32.8 Å². The van der Waals surface area contributed by atoms with Crippen LogP contribution in [0.15, 0.2) is 18.5 Å². The van der Waals surface area contributed by atoms with Gasteiger partial charge in [0.1, 0.15) is 0 Å². The van der Waals surface area contributed by atoms with Crippen molar-refractivity contribution in [1.82, 2.24) is 19.6 Å². The van der Waals surface area contributed by atoms with E-state index in [9.17, 15) is 0 Å². The lowest BCUT2D eigenvalue weighted by molar-refractivity contribution is 0.0811. The Labute approximate surface area is 110 Å². The second-order valence-corrected chi connectivity index (χ2v) is 5.79. The van der Waals surface area contributed by atoms with Gasteiger partial charge in [0.25, 0.3) is 0 Å². The molecule has 1 aliphatic heterocycles. The van der Waals surface area contributed by atoms with Gasteiger partial charge in [0, 0.05) is 44.6 Å². The SMILES string of the molecule is CN1CCN(C2CCC(n3cccn3)CC2)CC1. The monoisotopic (exact) mass is 248 g/mol. The highest BCUT2D eigenvalue weighted by molar-refractivity contribution is 4.87. The molecule has 0 aromatic carbocycles. The highest BCUT2D eigenvalue weighted by Gasteiger charge is 2.28. The highest BCUT2D eigenvalue weighted by Crippen LogP contribution is 2.30. The lowest BCUT2D eigenvalue weighted by Crippen LogP contribution is -2.49. The van der Waals surface area contributed by atoms with Crippen molar-refractivity contribution in [1.29, 1.82) is 0 Å². The van der Waals surface area contributed by atoms with Crippen LogP contribution < -0.4 is 0 Å². The van der Waals surface area contributed by atoms with E-state index in [1.165, 1.54) is 51.9 Å². The van der Waals surface area contributed by atoms with Crippen molar-refractivity contribution in [2.24, 2.45) is 0 Å². The van der Waals surface area contributed by atoms with Crippen LogP contribution in [0.25, 0.3) is 0 Å². The van der Waals surface area contributed by atoms with Crippen molar-refractivity contribution in [3.05, 3.63) is 18.5 Å². The summed E-state index contributed by atoms with van der Waals surface area (Å²) in [6, 6.07) is 3.50. The van der Waals surface area contributed by atoms with E-state index < -0.39 is 0 Å². The molecule has 100 valence electrons. The number of hydrogen-bond acceptors (Lipinski definition) is 3.